The SMILES string of the molecule is C=CCN/C=C(\C)Cl.CNc1c(Br)cc(Br)cc1C(=O)NC(C)O.O=Cc1cc(C(F)(F)F)[nH]n1. The van der Waals surface area contributed by atoms with Crippen molar-refractivity contribution in [2.24, 2.45) is 0 Å². The van der Waals surface area contributed by atoms with Gasteiger partial charge in [0.05, 0.1) is 11.3 Å². The van der Waals surface area contributed by atoms with Crippen LogP contribution in [-0.2, 0) is 6.18 Å². The van der Waals surface area contributed by atoms with Gasteiger partial charge in [0.15, 0.2) is 6.29 Å². The Labute approximate surface area is 222 Å². The fraction of sp³-hybridized carbons (Fsp3) is 0.286. The molecule has 0 radical (unpaired) electrons. The lowest BCUT2D eigenvalue weighted by atomic mass is 10.1. The molecule has 0 spiro atoms. The summed E-state index contributed by atoms with van der Waals surface area (Å²) >= 11 is 12.1. The molecule has 0 aliphatic rings. The first-order valence-electron chi connectivity index (χ1n) is 9.66. The number of aromatic amines is 1. The molecule has 0 aliphatic carbocycles. The number of hydrogen-bond donors (Lipinski definition) is 5. The number of carbonyl (C=O) groups excluding carboxylic acids is 2. The maximum atomic E-state index is 11.8. The topological polar surface area (TPSA) is 119 Å². The molecule has 1 aromatic carbocycles. The lowest BCUT2D eigenvalue weighted by Gasteiger charge is -2.13. The zero-order valence-electron chi connectivity index (χ0n) is 18.9. The van der Waals surface area contributed by atoms with E-state index in [0.29, 0.717) is 17.3 Å². The van der Waals surface area contributed by atoms with Gasteiger partial charge in [-0.15, -0.1) is 6.58 Å². The molecule has 2 rings (SSSR count). The Morgan fingerprint density at radius 1 is 1.34 bits per heavy atom. The van der Waals surface area contributed by atoms with Crippen molar-refractivity contribution >= 4 is 61.3 Å². The number of aliphatic hydroxyl groups excluding tert-OH is 1. The Morgan fingerprint density at radius 3 is 2.37 bits per heavy atom. The lowest BCUT2D eigenvalue weighted by Crippen LogP contribution is -2.32. The molecule has 14 heteroatoms. The number of benzene rings is 1. The Balaban J connectivity index is 0.000000530. The fourth-order valence-electron chi connectivity index (χ4n) is 2.10. The van der Waals surface area contributed by atoms with E-state index in [1.807, 2.05) is 13.0 Å². The van der Waals surface area contributed by atoms with E-state index in [1.54, 1.807) is 30.5 Å². The van der Waals surface area contributed by atoms with Crippen LogP contribution >= 0.6 is 43.5 Å². The zero-order chi connectivity index (χ0) is 27.2. The van der Waals surface area contributed by atoms with Crippen molar-refractivity contribution < 1.29 is 27.9 Å². The highest BCUT2D eigenvalue weighted by Gasteiger charge is 2.32. The average molecular weight is 648 g/mol. The number of H-pyrrole nitrogens is 1. The number of carbonyl (C=O) groups is 2. The summed E-state index contributed by atoms with van der Waals surface area (Å²) in [6, 6.07) is 4.17. The molecular formula is C21H25Br2ClF3N5O3. The van der Waals surface area contributed by atoms with Crippen molar-refractivity contribution in [1.29, 1.82) is 0 Å². The molecule has 0 bridgehead atoms. The van der Waals surface area contributed by atoms with Crippen molar-refractivity contribution in [3.8, 4) is 0 Å². The molecule has 8 nitrogen and oxygen atoms in total. The minimum absolute atomic E-state index is 0.242. The number of anilines is 1. The van der Waals surface area contributed by atoms with E-state index < -0.39 is 18.1 Å². The van der Waals surface area contributed by atoms with Gasteiger partial charge in [0.1, 0.15) is 17.6 Å². The summed E-state index contributed by atoms with van der Waals surface area (Å²) in [5, 5.41) is 22.9. The van der Waals surface area contributed by atoms with Crippen LogP contribution in [0.25, 0.3) is 0 Å². The molecule has 0 fully saturated rings. The van der Waals surface area contributed by atoms with Gasteiger partial charge < -0.3 is 21.1 Å². The molecule has 1 amide bonds. The number of allylic oxidation sites excluding steroid dienone is 1. The summed E-state index contributed by atoms with van der Waals surface area (Å²) in [4.78, 5) is 21.7. The minimum atomic E-state index is -4.46. The van der Waals surface area contributed by atoms with Crippen molar-refractivity contribution in [2.45, 2.75) is 26.3 Å². The Kier molecular flexibility index (Phi) is 15.2. The quantitative estimate of drug-likeness (QED) is 0.119. The van der Waals surface area contributed by atoms with E-state index >= 15 is 0 Å². The number of hydrogen-bond acceptors (Lipinski definition) is 6. The molecule has 35 heavy (non-hydrogen) atoms. The number of halogens is 6. The summed E-state index contributed by atoms with van der Waals surface area (Å²) in [6.45, 7) is 7.60. The van der Waals surface area contributed by atoms with E-state index in [1.165, 1.54) is 6.92 Å². The number of amides is 1. The average Bonchev–Trinajstić information content (AvgIpc) is 3.24. The number of alkyl halides is 3. The van der Waals surface area contributed by atoms with Crippen molar-refractivity contribution in [3.63, 3.8) is 0 Å². The number of aliphatic hydroxyl groups is 1. The minimum Gasteiger partial charge on any atom is -0.387 e. The van der Waals surface area contributed by atoms with Crippen LogP contribution < -0.4 is 16.0 Å². The van der Waals surface area contributed by atoms with E-state index in [2.05, 4.69) is 59.5 Å². The van der Waals surface area contributed by atoms with Gasteiger partial charge in [-0.3, -0.25) is 14.7 Å². The van der Waals surface area contributed by atoms with Crippen LogP contribution in [0, 0.1) is 0 Å². The Morgan fingerprint density at radius 2 is 1.97 bits per heavy atom. The van der Waals surface area contributed by atoms with Crippen molar-refractivity contribution in [1.82, 2.24) is 20.8 Å². The maximum Gasteiger partial charge on any atom is 0.432 e. The van der Waals surface area contributed by atoms with Crippen LogP contribution in [-0.4, -0.2) is 47.3 Å². The van der Waals surface area contributed by atoms with Gasteiger partial charge in [0.2, 0.25) is 0 Å². The highest BCUT2D eigenvalue weighted by Crippen LogP contribution is 2.30. The standard InChI is InChI=1S/C10H12Br2N2O2.C6H10ClN.C5H3F3N2O/c1-5(15)14-10(16)7-3-6(11)4-8(12)9(7)13-2;1-3-4-8-5-6(2)7;6-5(7,8)4-1-3(2-11)9-10-4/h3-5,13,15H,1-2H3,(H,14,16);3,5,8H,1,4H2,2H3;1-2H,(H,9,10)/b;6-5+;. The molecular weight excluding hydrogens is 623 g/mol. The summed E-state index contributed by atoms with van der Waals surface area (Å²) in [6.07, 6.45) is -1.59. The number of aromatic nitrogens is 2. The third-order valence-corrected chi connectivity index (χ3v) is 4.67. The second kappa shape index (κ2) is 16.3. The van der Waals surface area contributed by atoms with Crippen LogP contribution in [0.5, 0.6) is 0 Å². The molecule has 0 aliphatic heterocycles. The molecule has 1 unspecified atom stereocenters. The van der Waals surface area contributed by atoms with Gasteiger partial charge >= 0.3 is 6.18 Å². The molecule has 1 heterocycles. The Hall–Kier alpha value is -2.35. The van der Waals surface area contributed by atoms with Gasteiger partial charge in [-0.1, -0.05) is 33.6 Å². The first-order chi connectivity index (χ1) is 16.3. The summed E-state index contributed by atoms with van der Waals surface area (Å²) in [5.41, 5.74) is -0.122. The molecule has 2 aromatic rings. The van der Waals surface area contributed by atoms with Gasteiger partial charge in [-0.25, -0.2) is 0 Å². The normalized spacial score (nSPS) is 11.7. The summed E-state index contributed by atoms with van der Waals surface area (Å²) in [5.74, 6) is -0.332. The highest BCUT2D eigenvalue weighted by molar-refractivity contribution is 9.11. The van der Waals surface area contributed by atoms with E-state index in [4.69, 9.17) is 16.7 Å². The monoisotopic (exact) mass is 645 g/mol. The number of rotatable bonds is 7. The molecule has 5 N–H and O–H groups in total. The zero-order valence-corrected chi connectivity index (χ0v) is 22.9. The van der Waals surface area contributed by atoms with Crippen LogP contribution in [0.2, 0.25) is 0 Å². The van der Waals surface area contributed by atoms with Gasteiger partial charge in [-0.05, 0) is 48.0 Å². The van der Waals surface area contributed by atoms with E-state index in [-0.39, 0.29) is 17.9 Å². The maximum absolute atomic E-state index is 11.8. The van der Waals surface area contributed by atoms with Crippen LogP contribution in [0.1, 0.15) is 40.4 Å². The number of nitrogens with zero attached hydrogens (tertiary/aromatic N) is 1. The molecule has 1 aromatic heterocycles. The van der Waals surface area contributed by atoms with Crippen LogP contribution in [0.4, 0.5) is 18.9 Å². The fourth-order valence-corrected chi connectivity index (χ4v) is 3.60. The smallest absolute Gasteiger partial charge is 0.387 e. The highest BCUT2D eigenvalue weighted by atomic mass is 79.9. The lowest BCUT2D eigenvalue weighted by molar-refractivity contribution is -0.141. The van der Waals surface area contributed by atoms with Gasteiger partial charge in [0.25, 0.3) is 5.91 Å². The second-order valence-corrected chi connectivity index (χ2v) is 8.83. The molecule has 1 atom stereocenters. The van der Waals surface area contributed by atoms with Crippen LogP contribution in [0.3, 0.4) is 0 Å². The molecule has 0 saturated carbocycles. The first-order valence-corrected chi connectivity index (χ1v) is 11.6. The number of aldehydes is 1. The van der Waals surface area contributed by atoms with Crippen molar-refractivity contribution in [3.05, 3.63) is 68.0 Å². The molecule has 194 valence electrons. The van der Waals surface area contributed by atoms with Crippen molar-refractivity contribution in [2.75, 3.05) is 18.9 Å². The van der Waals surface area contributed by atoms with Gasteiger partial charge in [-0.2, -0.15) is 18.3 Å². The molecule has 0 saturated heterocycles. The van der Waals surface area contributed by atoms with Crippen LogP contribution in [0.15, 0.2) is 51.0 Å². The van der Waals surface area contributed by atoms with Gasteiger partial charge in [0, 0.05) is 33.8 Å². The van der Waals surface area contributed by atoms with E-state index in [0.717, 1.165) is 20.5 Å². The predicted octanol–water partition coefficient (Wildman–Crippen LogP) is 5.42. The Bertz CT molecular complexity index is 1010. The second-order valence-electron chi connectivity index (χ2n) is 6.46. The first kappa shape index (κ1) is 32.7. The third kappa shape index (κ3) is 13.4. The summed E-state index contributed by atoms with van der Waals surface area (Å²) in [7, 11) is 1.73. The summed E-state index contributed by atoms with van der Waals surface area (Å²) < 4.78 is 36.8. The van der Waals surface area contributed by atoms with E-state index in [9.17, 15) is 22.8 Å². The predicted molar refractivity (Wildman–Crippen MR) is 137 cm³/mol. The largest absolute Gasteiger partial charge is 0.432 e. The third-order valence-electron chi connectivity index (χ3n) is 3.48. The number of nitrogens with one attached hydrogen (secondary N) is 4.